The monoisotopic (exact) mass is 214 g/mol. The third-order valence-electron chi connectivity index (χ3n) is 2.32. The Morgan fingerprint density at radius 3 is 2.75 bits per heavy atom. The lowest BCUT2D eigenvalue weighted by atomic mass is 10.2. The van der Waals surface area contributed by atoms with Crippen LogP contribution in [-0.2, 0) is 6.54 Å². The molecule has 0 saturated carbocycles. The average Bonchev–Trinajstić information content (AvgIpc) is 2.38. The third-order valence-corrected chi connectivity index (χ3v) is 2.32. The molecule has 3 nitrogen and oxygen atoms in total. The number of nitrogens with zero attached hydrogens (tertiary/aromatic N) is 1. The van der Waals surface area contributed by atoms with Gasteiger partial charge in [0.2, 0.25) is 0 Å². The van der Waals surface area contributed by atoms with Crippen LogP contribution in [0, 0.1) is 0 Å². The zero-order chi connectivity index (χ0) is 11.2. The first-order valence-corrected chi connectivity index (χ1v) is 5.15. The first-order chi connectivity index (χ1) is 7.88. The highest BCUT2D eigenvalue weighted by molar-refractivity contribution is 5.48. The topological polar surface area (TPSA) is 34.1 Å². The quantitative estimate of drug-likeness (QED) is 0.849. The lowest BCUT2D eigenvalue weighted by Gasteiger charge is -2.07. The normalized spacial score (nSPS) is 9.81. The summed E-state index contributed by atoms with van der Waals surface area (Å²) >= 11 is 0. The molecule has 0 aliphatic carbocycles. The number of ether oxygens (including phenoxy) is 1. The van der Waals surface area contributed by atoms with E-state index in [9.17, 15) is 0 Å². The molecular weight excluding hydrogens is 200 g/mol. The molecule has 0 radical (unpaired) electrons. The summed E-state index contributed by atoms with van der Waals surface area (Å²) in [7, 11) is 1.67. The third kappa shape index (κ3) is 2.73. The molecule has 2 aromatic rings. The number of pyridine rings is 1. The number of benzene rings is 1. The van der Waals surface area contributed by atoms with E-state index in [-0.39, 0.29) is 0 Å². The Kier molecular flexibility index (Phi) is 3.38. The van der Waals surface area contributed by atoms with Crippen molar-refractivity contribution >= 4 is 5.69 Å². The molecule has 3 heteroatoms. The standard InChI is InChI=1S/C13H14N2O/c1-16-13-4-2-3-12(9-13)15-10-11-5-7-14-8-6-11/h2-9,15H,10H2,1H3. The van der Waals surface area contributed by atoms with Crippen LogP contribution in [0.25, 0.3) is 0 Å². The molecule has 0 atom stereocenters. The number of rotatable bonds is 4. The van der Waals surface area contributed by atoms with Gasteiger partial charge in [0.25, 0.3) is 0 Å². The molecule has 0 spiro atoms. The fraction of sp³-hybridized carbons (Fsp3) is 0.154. The second kappa shape index (κ2) is 5.16. The van der Waals surface area contributed by atoms with Crippen LogP contribution in [0.4, 0.5) is 5.69 Å². The number of hydrogen-bond acceptors (Lipinski definition) is 3. The minimum absolute atomic E-state index is 0.787. The van der Waals surface area contributed by atoms with Crippen LogP contribution in [0.3, 0.4) is 0 Å². The van der Waals surface area contributed by atoms with Gasteiger partial charge in [-0.3, -0.25) is 4.98 Å². The Labute approximate surface area is 95.1 Å². The van der Waals surface area contributed by atoms with E-state index in [4.69, 9.17) is 4.74 Å². The van der Waals surface area contributed by atoms with Gasteiger partial charge in [0.05, 0.1) is 7.11 Å². The van der Waals surface area contributed by atoms with E-state index >= 15 is 0 Å². The summed E-state index contributed by atoms with van der Waals surface area (Å²) in [6.07, 6.45) is 3.59. The van der Waals surface area contributed by atoms with E-state index in [2.05, 4.69) is 10.3 Å². The summed E-state index contributed by atoms with van der Waals surface area (Å²) in [5, 5.41) is 3.33. The molecule has 1 aromatic carbocycles. The number of aromatic nitrogens is 1. The average molecular weight is 214 g/mol. The fourth-order valence-electron chi connectivity index (χ4n) is 1.44. The highest BCUT2D eigenvalue weighted by atomic mass is 16.5. The van der Waals surface area contributed by atoms with E-state index < -0.39 is 0 Å². The maximum absolute atomic E-state index is 5.16. The van der Waals surface area contributed by atoms with Crippen LogP contribution in [0.1, 0.15) is 5.56 Å². The zero-order valence-corrected chi connectivity index (χ0v) is 9.18. The maximum Gasteiger partial charge on any atom is 0.120 e. The van der Waals surface area contributed by atoms with Gasteiger partial charge in [-0.2, -0.15) is 0 Å². The summed E-state index contributed by atoms with van der Waals surface area (Å²) in [6, 6.07) is 11.9. The van der Waals surface area contributed by atoms with Gasteiger partial charge in [-0.1, -0.05) is 6.07 Å². The zero-order valence-electron chi connectivity index (χ0n) is 9.18. The molecule has 0 aliphatic heterocycles. The van der Waals surface area contributed by atoms with Crippen LogP contribution < -0.4 is 10.1 Å². The van der Waals surface area contributed by atoms with E-state index in [0.29, 0.717) is 0 Å². The number of methoxy groups -OCH3 is 1. The van der Waals surface area contributed by atoms with E-state index in [1.807, 2.05) is 36.4 Å². The van der Waals surface area contributed by atoms with Gasteiger partial charge in [-0.25, -0.2) is 0 Å². The Balaban J connectivity index is 1.99. The van der Waals surface area contributed by atoms with Gasteiger partial charge in [0, 0.05) is 30.7 Å². The second-order valence-corrected chi connectivity index (χ2v) is 3.44. The smallest absolute Gasteiger partial charge is 0.120 e. The van der Waals surface area contributed by atoms with Crippen molar-refractivity contribution in [3.8, 4) is 5.75 Å². The van der Waals surface area contributed by atoms with E-state index in [1.54, 1.807) is 19.5 Å². The molecule has 0 aliphatic rings. The molecule has 0 amide bonds. The number of hydrogen-bond donors (Lipinski definition) is 1. The summed E-state index contributed by atoms with van der Waals surface area (Å²) in [5.41, 5.74) is 2.26. The van der Waals surface area contributed by atoms with Crippen molar-refractivity contribution in [2.75, 3.05) is 12.4 Å². The van der Waals surface area contributed by atoms with Gasteiger partial charge < -0.3 is 10.1 Å². The Hall–Kier alpha value is -2.03. The van der Waals surface area contributed by atoms with Crippen LogP contribution in [0.5, 0.6) is 5.75 Å². The van der Waals surface area contributed by atoms with Crippen molar-refractivity contribution in [1.29, 1.82) is 0 Å². The molecule has 0 fully saturated rings. The highest BCUT2D eigenvalue weighted by Gasteiger charge is 1.95. The molecule has 1 aromatic heterocycles. The Bertz CT molecular complexity index is 443. The molecule has 2 rings (SSSR count). The van der Waals surface area contributed by atoms with Crippen molar-refractivity contribution < 1.29 is 4.74 Å². The van der Waals surface area contributed by atoms with Crippen LogP contribution >= 0.6 is 0 Å². The summed E-state index contributed by atoms with van der Waals surface area (Å²) in [4.78, 5) is 3.98. The van der Waals surface area contributed by atoms with Gasteiger partial charge in [-0.15, -0.1) is 0 Å². The van der Waals surface area contributed by atoms with Crippen LogP contribution in [-0.4, -0.2) is 12.1 Å². The summed E-state index contributed by atoms with van der Waals surface area (Å²) < 4.78 is 5.16. The van der Waals surface area contributed by atoms with Crippen molar-refractivity contribution in [2.45, 2.75) is 6.54 Å². The van der Waals surface area contributed by atoms with E-state index in [0.717, 1.165) is 18.0 Å². The predicted octanol–water partition coefficient (Wildman–Crippen LogP) is 2.70. The first-order valence-electron chi connectivity index (χ1n) is 5.15. The van der Waals surface area contributed by atoms with Crippen molar-refractivity contribution in [2.24, 2.45) is 0 Å². The number of nitrogens with one attached hydrogen (secondary N) is 1. The maximum atomic E-state index is 5.16. The molecule has 0 unspecified atom stereocenters. The van der Waals surface area contributed by atoms with Gasteiger partial charge in [-0.05, 0) is 29.8 Å². The van der Waals surface area contributed by atoms with Gasteiger partial charge >= 0.3 is 0 Å². The Morgan fingerprint density at radius 1 is 1.19 bits per heavy atom. The lowest BCUT2D eigenvalue weighted by molar-refractivity contribution is 0.415. The van der Waals surface area contributed by atoms with Crippen molar-refractivity contribution in [3.05, 3.63) is 54.4 Å². The predicted molar refractivity (Wildman–Crippen MR) is 64.6 cm³/mol. The summed E-state index contributed by atoms with van der Waals surface area (Å²) in [5.74, 6) is 0.861. The minimum Gasteiger partial charge on any atom is -0.497 e. The van der Waals surface area contributed by atoms with Crippen molar-refractivity contribution in [3.63, 3.8) is 0 Å². The molecular formula is C13H14N2O. The largest absolute Gasteiger partial charge is 0.497 e. The molecule has 82 valence electrons. The molecule has 0 bridgehead atoms. The minimum atomic E-state index is 0.787. The Morgan fingerprint density at radius 2 is 2.00 bits per heavy atom. The molecule has 1 heterocycles. The van der Waals surface area contributed by atoms with E-state index in [1.165, 1.54) is 5.56 Å². The molecule has 16 heavy (non-hydrogen) atoms. The lowest BCUT2D eigenvalue weighted by Crippen LogP contribution is -1.99. The summed E-state index contributed by atoms with van der Waals surface area (Å²) in [6.45, 7) is 0.787. The fourth-order valence-corrected chi connectivity index (χ4v) is 1.44. The van der Waals surface area contributed by atoms with Crippen LogP contribution in [0.15, 0.2) is 48.8 Å². The van der Waals surface area contributed by atoms with Gasteiger partial charge in [0.1, 0.15) is 5.75 Å². The van der Waals surface area contributed by atoms with Gasteiger partial charge in [0.15, 0.2) is 0 Å². The number of anilines is 1. The highest BCUT2D eigenvalue weighted by Crippen LogP contribution is 2.17. The molecule has 0 saturated heterocycles. The first kappa shape index (κ1) is 10.5. The van der Waals surface area contributed by atoms with Crippen molar-refractivity contribution in [1.82, 2.24) is 4.98 Å². The second-order valence-electron chi connectivity index (χ2n) is 3.44. The SMILES string of the molecule is COc1cccc(NCc2ccncc2)c1. The van der Waals surface area contributed by atoms with Crippen LogP contribution in [0.2, 0.25) is 0 Å². The molecule has 1 N–H and O–H groups in total.